The van der Waals surface area contributed by atoms with Crippen molar-refractivity contribution in [3.8, 4) is 11.5 Å². The lowest BCUT2D eigenvalue weighted by molar-refractivity contribution is 0.509. The molecule has 0 saturated heterocycles. The summed E-state index contributed by atoms with van der Waals surface area (Å²) in [6.07, 6.45) is 3.38. The smallest absolute Gasteiger partial charge is 0.248 e. The Morgan fingerprint density at radius 1 is 1.28 bits per heavy atom. The Kier molecular flexibility index (Phi) is 5.05. The van der Waals surface area contributed by atoms with Gasteiger partial charge in [-0.05, 0) is 58.8 Å². The number of benzene rings is 1. The third kappa shape index (κ3) is 3.67. The van der Waals surface area contributed by atoms with E-state index in [2.05, 4.69) is 38.0 Å². The Hall–Kier alpha value is -1.97. The van der Waals surface area contributed by atoms with Gasteiger partial charge in [0.2, 0.25) is 11.8 Å². The van der Waals surface area contributed by atoms with Gasteiger partial charge in [0, 0.05) is 9.35 Å². The first-order chi connectivity index (χ1) is 14.1. The molecule has 6 nitrogen and oxygen atoms in total. The van der Waals surface area contributed by atoms with E-state index >= 15 is 0 Å². The van der Waals surface area contributed by atoms with Crippen LogP contribution in [0.5, 0.6) is 0 Å². The third-order valence-electron chi connectivity index (χ3n) is 5.06. The topological polar surface area (TPSA) is 90.7 Å². The largest absolute Gasteiger partial charge is 0.420 e. The van der Waals surface area contributed by atoms with Crippen LogP contribution in [0.4, 0.5) is 5.82 Å². The zero-order valence-electron chi connectivity index (χ0n) is 15.7. The quantitative estimate of drug-likeness (QED) is 0.300. The van der Waals surface area contributed by atoms with Gasteiger partial charge in [0.1, 0.15) is 10.6 Å². The molecule has 0 amide bonds. The highest BCUT2D eigenvalue weighted by Crippen LogP contribution is 2.40. The minimum Gasteiger partial charge on any atom is -0.420 e. The van der Waals surface area contributed by atoms with Gasteiger partial charge in [-0.1, -0.05) is 30.8 Å². The molecule has 148 valence electrons. The van der Waals surface area contributed by atoms with Crippen LogP contribution in [0.15, 0.2) is 38.3 Å². The van der Waals surface area contributed by atoms with Crippen LogP contribution in [0.25, 0.3) is 21.7 Å². The summed E-state index contributed by atoms with van der Waals surface area (Å²) >= 11 is 6.72. The van der Waals surface area contributed by atoms with Crippen LogP contribution in [0.1, 0.15) is 29.7 Å². The molecule has 1 aliphatic carbocycles. The molecule has 9 heteroatoms. The van der Waals surface area contributed by atoms with E-state index in [1.54, 1.807) is 11.3 Å². The van der Waals surface area contributed by atoms with E-state index in [4.69, 9.17) is 15.1 Å². The van der Waals surface area contributed by atoms with Crippen molar-refractivity contribution < 1.29 is 4.42 Å². The summed E-state index contributed by atoms with van der Waals surface area (Å²) in [6, 6.07) is 7.76. The van der Waals surface area contributed by atoms with Gasteiger partial charge in [-0.2, -0.15) is 0 Å². The van der Waals surface area contributed by atoms with Gasteiger partial charge < -0.3 is 10.2 Å². The summed E-state index contributed by atoms with van der Waals surface area (Å²) in [5.74, 6) is 2.80. The number of hydrogen-bond donors (Lipinski definition) is 1. The van der Waals surface area contributed by atoms with E-state index in [1.165, 1.54) is 28.6 Å². The van der Waals surface area contributed by atoms with Crippen molar-refractivity contribution in [2.24, 2.45) is 5.92 Å². The monoisotopic (exact) mass is 487 g/mol. The third-order valence-corrected chi connectivity index (χ3v) is 7.73. The van der Waals surface area contributed by atoms with Gasteiger partial charge in [-0.3, -0.25) is 0 Å². The number of nitrogens with zero attached hydrogens (tertiary/aromatic N) is 4. The predicted octanol–water partition coefficient (Wildman–Crippen LogP) is 5.50. The SMILES string of the molecule is CC1CCc2c(sc3nc(SCc4nnc(-c5ccccc5Br)o4)nc(N)c23)C1. The van der Waals surface area contributed by atoms with Crippen LogP contribution in [-0.4, -0.2) is 20.2 Å². The van der Waals surface area contributed by atoms with Crippen molar-refractivity contribution in [1.82, 2.24) is 20.2 Å². The van der Waals surface area contributed by atoms with Crippen molar-refractivity contribution in [3.63, 3.8) is 0 Å². The Morgan fingerprint density at radius 3 is 3.00 bits per heavy atom. The van der Waals surface area contributed by atoms with Crippen LogP contribution < -0.4 is 5.73 Å². The molecule has 1 aromatic carbocycles. The van der Waals surface area contributed by atoms with E-state index in [-0.39, 0.29) is 0 Å². The molecule has 3 heterocycles. The summed E-state index contributed by atoms with van der Waals surface area (Å²) in [4.78, 5) is 11.7. The fraction of sp³-hybridized carbons (Fsp3) is 0.300. The fourth-order valence-corrected chi connectivity index (χ4v) is 6.19. The van der Waals surface area contributed by atoms with Gasteiger partial charge in [0.05, 0.1) is 16.7 Å². The van der Waals surface area contributed by atoms with Gasteiger partial charge >= 0.3 is 0 Å². The molecular weight excluding hydrogens is 470 g/mol. The average Bonchev–Trinajstić information content (AvgIpc) is 3.30. The van der Waals surface area contributed by atoms with Crippen LogP contribution >= 0.6 is 39.0 Å². The van der Waals surface area contributed by atoms with E-state index in [1.807, 2.05) is 24.3 Å². The number of nitrogen functional groups attached to an aromatic ring is 1. The number of halogens is 1. The van der Waals surface area contributed by atoms with Crippen molar-refractivity contribution in [1.29, 1.82) is 0 Å². The maximum atomic E-state index is 6.31. The minimum absolute atomic E-state index is 0.490. The molecule has 3 aromatic heterocycles. The summed E-state index contributed by atoms with van der Waals surface area (Å²) in [5.41, 5.74) is 8.54. The summed E-state index contributed by atoms with van der Waals surface area (Å²) in [6.45, 7) is 2.30. The Balaban J connectivity index is 1.37. The Bertz CT molecular complexity index is 1210. The number of aryl methyl sites for hydroxylation is 1. The second kappa shape index (κ2) is 7.70. The van der Waals surface area contributed by atoms with Crippen molar-refractivity contribution >= 4 is 55.1 Å². The van der Waals surface area contributed by atoms with Crippen molar-refractivity contribution in [3.05, 3.63) is 45.1 Å². The van der Waals surface area contributed by atoms with Crippen LogP contribution in [0.3, 0.4) is 0 Å². The zero-order chi connectivity index (χ0) is 20.0. The maximum absolute atomic E-state index is 6.31. The van der Waals surface area contributed by atoms with E-state index in [9.17, 15) is 0 Å². The van der Waals surface area contributed by atoms with E-state index in [0.717, 1.165) is 39.0 Å². The first kappa shape index (κ1) is 19.0. The minimum atomic E-state index is 0.490. The second-order valence-electron chi connectivity index (χ2n) is 7.19. The lowest BCUT2D eigenvalue weighted by Crippen LogP contribution is -2.09. The first-order valence-corrected chi connectivity index (χ1v) is 12.0. The number of fused-ring (bicyclic) bond motifs is 3. The second-order valence-corrected chi connectivity index (χ2v) is 10.1. The molecule has 0 saturated carbocycles. The number of thiophene rings is 1. The summed E-state index contributed by atoms with van der Waals surface area (Å²) in [7, 11) is 0. The highest BCUT2D eigenvalue weighted by Gasteiger charge is 2.23. The van der Waals surface area contributed by atoms with Crippen molar-refractivity contribution in [2.75, 3.05) is 5.73 Å². The van der Waals surface area contributed by atoms with Crippen LogP contribution in [-0.2, 0) is 18.6 Å². The highest BCUT2D eigenvalue weighted by atomic mass is 79.9. The van der Waals surface area contributed by atoms with Gasteiger partial charge in [0.15, 0.2) is 5.16 Å². The zero-order valence-corrected chi connectivity index (χ0v) is 18.9. The lowest BCUT2D eigenvalue weighted by Gasteiger charge is -2.17. The number of anilines is 1. The lowest BCUT2D eigenvalue weighted by atomic mass is 9.89. The average molecular weight is 488 g/mol. The summed E-state index contributed by atoms with van der Waals surface area (Å²) in [5, 5.41) is 10.00. The van der Waals surface area contributed by atoms with Crippen LogP contribution in [0, 0.1) is 5.92 Å². The molecule has 1 atom stereocenters. The number of nitrogens with two attached hydrogens (primary N) is 1. The van der Waals surface area contributed by atoms with Crippen molar-refractivity contribution in [2.45, 2.75) is 37.1 Å². The molecule has 2 N–H and O–H groups in total. The molecule has 0 fully saturated rings. The molecule has 1 unspecified atom stereocenters. The number of thioether (sulfide) groups is 1. The van der Waals surface area contributed by atoms with Gasteiger partial charge in [0.25, 0.3) is 0 Å². The number of hydrogen-bond acceptors (Lipinski definition) is 8. The maximum Gasteiger partial charge on any atom is 0.248 e. The Morgan fingerprint density at radius 2 is 2.14 bits per heavy atom. The first-order valence-electron chi connectivity index (χ1n) is 9.36. The van der Waals surface area contributed by atoms with E-state index < -0.39 is 0 Å². The van der Waals surface area contributed by atoms with Gasteiger partial charge in [-0.25, -0.2) is 9.97 Å². The molecule has 5 rings (SSSR count). The predicted molar refractivity (Wildman–Crippen MR) is 120 cm³/mol. The fourth-order valence-electron chi connectivity index (χ4n) is 3.60. The molecule has 0 spiro atoms. The molecule has 0 bridgehead atoms. The molecule has 4 aromatic rings. The molecule has 1 aliphatic rings. The number of aromatic nitrogens is 4. The van der Waals surface area contributed by atoms with Gasteiger partial charge in [-0.15, -0.1) is 21.5 Å². The van der Waals surface area contributed by atoms with Crippen LogP contribution in [0.2, 0.25) is 0 Å². The molecular formula is C20H18BrN5OS2. The molecule has 29 heavy (non-hydrogen) atoms. The van der Waals surface area contributed by atoms with E-state index in [0.29, 0.717) is 28.5 Å². The molecule has 0 aliphatic heterocycles. The normalized spacial score (nSPS) is 16.3. The highest BCUT2D eigenvalue weighted by molar-refractivity contribution is 9.10. The summed E-state index contributed by atoms with van der Waals surface area (Å²) < 4.78 is 6.73. The Labute approximate surface area is 184 Å². The standard InChI is InChI=1S/C20H18BrN5OS2/c1-10-6-7-12-14(8-10)29-19-16(12)17(22)23-20(24-19)28-9-15-25-26-18(27-15)11-4-2-3-5-13(11)21/h2-5,10H,6-9H2,1H3,(H2,22,23,24). The molecule has 0 radical (unpaired) electrons. The number of rotatable bonds is 4.